The molecule has 1 aliphatic rings. The molecule has 1 heterocycles. The third-order valence-electron chi connectivity index (χ3n) is 11.8. The van der Waals surface area contributed by atoms with Crippen LogP contribution in [0.2, 0.25) is 0 Å². The molecule has 1 aromatic heterocycles. The van der Waals surface area contributed by atoms with Gasteiger partial charge in [0.2, 0.25) is 0 Å². The van der Waals surface area contributed by atoms with Gasteiger partial charge < -0.3 is 4.90 Å². The van der Waals surface area contributed by atoms with Gasteiger partial charge >= 0.3 is 0 Å². The van der Waals surface area contributed by atoms with Crippen LogP contribution in [0.4, 0.5) is 17.1 Å². The summed E-state index contributed by atoms with van der Waals surface area (Å²) in [4.78, 5) is 2.47. The van der Waals surface area contributed by atoms with Crippen molar-refractivity contribution >= 4 is 70.1 Å². The minimum atomic E-state index is -0.0975. The fraction of sp³-hybridized carbons (Fsp3) is 0.0566. The molecule has 0 atom stereocenters. The Morgan fingerprint density at radius 3 is 1.98 bits per heavy atom. The number of benzene rings is 9. The van der Waals surface area contributed by atoms with E-state index in [0.717, 1.165) is 11.4 Å². The fourth-order valence-corrected chi connectivity index (χ4v) is 10.2. The molecule has 0 bridgehead atoms. The molecule has 10 aromatic rings. The average Bonchev–Trinajstić information content (AvgIpc) is 3.74. The third kappa shape index (κ3) is 5.06. The van der Waals surface area contributed by atoms with E-state index in [1.807, 2.05) is 11.3 Å². The molecule has 1 nitrogen and oxygen atoms in total. The maximum Gasteiger partial charge on any atom is 0.0543 e. The first-order chi connectivity index (χ1) is 27.0. The number of anilines is 3. The summed E-state index contributed by atoms with van der Waals surface area (Å²) in [6, 6.07) is 69.7. The minimum absolute atomic E-state index is 0.0975. The lowest BCUT2D eigenvalue weighted by atomic mass is 9.82. The van der Waals surface area contributed by atoms with Crippen molar-refractivity contribution in [2.75, 3.05) is 4.90 Å². The van der Waals surface area contributed by atoms with Crippen molar-refractivity contribution in [3.05, 3.63) is 199 Å². The Balaban J connectivity index is 1.07. The van der Waals surface area contributed by atoms with E-state index >= 15 is 0 Å². The van der Waals surface area contributed by atoms with Crippen LogP contribution in [0, 0.1) is 0 Å². The van der Waals surface area contributed by atoms with Crippen molar-refractivity contribution in [1.82, 2.24) is 0 Å². The molecule has 0 spiro atoms. The second kappa shape index (κ2) is 12.3. The Morgan fingerprint density at radius 2 is 1.09 bits per heavy atom. The molecule has 260 valence electrons. The highest BCUT2D eigenvalue weighted by molar-refractivity contribution is 7.26. The largest absolute Gasteiger partial charge is 0.310 e. The van der Waals surface area contributed by atoms with Crippen molar-refractivity contribution in [3.63, 3.8) is 0 Å². The molecule has 0 amide bonds. The molecule has 0 fully saturated rings. The highest BCUT2D eigenvalue weighted by Gasteiger charge is 2.37. The van der Waals surface area contributed by atoms with Gasteiger partial charge in [0.25, 0.3) is 0 Å². The summed E-state index contributed by atoms with van der Waals surface area (Å²) >= 11 is 1.88. The molecule has 0 aliphatic heterocycles. The maximum atomic E-state index is 2.47. The zero-order valence-corrected chi connectivity index (χ0v) is 31.6. The molecule has 0 unspecified atom stereocenters. The van der Waals surface area contributed by atoms with Crippen molar-refractivity contribution in [2.45, 2.75) is 19.3 Å². The van der Waals surface area contributed by atoms with Crippen LogP contribution >= 0.6 is 11.3 Å². The Morgan fingerprint density at radius 1 is 0.418 bits per heavy atom. The SMILES string of the molecule is CC1(C)c2ccccc2-c2c(N(c3ccc(-c4ccc5ccc6sc7ccccc7c6c5c4)cc3)c3cccc(-c4ccc5ccccc5c4)c3)cccc21. The topological polar surface area (TPSA) is 3.24 Å². The molecule has 0 radical (unpaired) electrons. The minimum Gasteiger partial charge on any atom is -0.310 e. The van der Waals surface area contributed by atoms with Crippen LogP contribution in [0.1, 0.15) is 25.0 Å². The summed E-state index contributed by atoms with van der Waals surface area (Å²) < 4.78 is 2.67. The van der Waals surface area contributed by atoms with Gasteiger partial charge in [-0.15, -0.1) is 11.3 Å². The number of thiophene rings is 1. The van der Waals surface area contributed by atoms with E-state index in [2.05, 4.69) is 207 Å². The average molecular weight is 720 g/mol. The van der Waals surface area contributed by atoms with Gasteiger partial charge in [-0.1, -0.05) is 147 Å². The number of rotatable bonds is 5. The number of fused-ring (bicyclic) bond motifs is 9. The lowest BCUT2D eigenvalue weighted by Gasteiger charge is -2.29. The Bertz CT molecular complexity index is 3130. The van der Waals surface area contributed by atoms with Gasteiger partial charge in [0.15, 0.2) is 0 Å². The van der Waals surface area contributed by atoms with Crippen LogP contribution in [-0.2, 0) is 5.41 Å². The van der Waals surface area contributed by atoms with Gasteiger partial charge in [0.1, 0.15) is 0 Å². The predicted octanol–water partition coefficient (Wildman–Crippen LogP) is 15.5. The second-order valence-electron chi connectivity index (χ2n) is 15.3. The van der Waals surface area contributed by atoms with E-state index in [1.54, 1.807) is 0 Å². The van der Waals surface area contributed by atoms with E-state index in [4.69, 9.17) is 0 Å². The van der Waals surface area contributed by atoms with E-state index in [1.165, 1.54) is 91.9 Å². The summed E-state index contributed by atoms with van der Waals surface area (Å²) in [7, 11) is 0. The molecule has 0 N–H and O–H groups in total. The summed E-state index contributed by atoms with van der Waals surface area (Å²) in [5.74, 6) is 0. The Labute approximate surface area is 325 Å². The van der Waals surface area contributed by atoms with Gasteiger partial charge in [0, 0.05) is 42.5 Å². The normalized spacial score (nSPS) is 13.1. The smallest absolute Gasteiger partial charge is 0.0543 e. The van der Waals surface area contributed by atoms with Gasteiger partial charge in [-0.05, 0) is 115 Å². The van der Waals surface area contributed by atoms with Gasteiger partial charge in [0.05, 0.1) is 5.69 Å². The Hall–Kier alpha value is -6.48. The van der Waals surface area contributed by atoms with Crippen LogP contribution in [-0.4, -0.2) is 0 Å². The summed E-state index contributed by atoms with van der Waals surface area (Å²) in [5, 5.41) is 7.78. The highest BCUT2D eigenvalue weighted by atomic mass is 32.1. The zero-order chi connectivity index (χ0) is 36.7. The lowest BCUT2D eigenvalue weighted by Crippen LogP contribution is -2.16. The van der Waals surface area contributed by atoms with Crippen LogP contribution in [0.5, 0.6) is 0 Å². The molecular formula is C53H37NS. The number of hydrogen-bond donors (Lipinski definition) is 0. The van der Waals surface area contributed by atoms with Crippen molar-refractivity contribution < 1.29 is 0 Å². The van der Waals surface area contributed by atoms with Crippen LogP contribution in [0.15, 0.2) is 188 Å². The Kier molecular flexibility index (Phi) is 7.14. The van der Waals surface area contributed by atoms with E-state index < -0.39 is 0 Å². The summed E-state index contributed by atoms with van der Waals surface area (Å²) in [6.45, 7) is 4.72. The van der Waals surface area contributed by atoms with E-state index in [9.17, 15) is 0 Å². The van der Waals surface area contributed by atoms with Gasteiger partial charge in [-0.3, -0.25) is 0 Å². The van der Waals surface area contributed by atoms with Gasteiger partial charge in [-0.25, -0.2) is 0 Å². The third-order valence-corrected chi connectivity index (χ3v) is 13.0. The maximum absolute atomic E-state index is 2.47. The molecule has 9 aromatic carbocycles. The summed E-state index contributed by atoms with van der Waals surface area (Å²) in [5.41, 5.74) is 13.6. The van der Waals surface area contributed by atoms with Crippen LogP contribution in [0.25, 0.3) is 75.1 Å². The first-order valence-electron chi connectivity index (χ1n) is 19.1. The number of hydrogen-bond acceptors (Lipinski definition) is 2. The van der Waals surface area contributed by atoms with Gasteiger partial charge in [-0.2, -0.15) is 0 Å². The monoisotopic (exact) mass is 719 g/mol. The standard InChI is InChI=1S/C53H37NS/c1-53(2)46-17-7-5-15-43(46)52-47(53)18-10-19-48(52)54(42-14-9-13-38(32-42)39-23-21-34-11-3-4-12-37(34)31-39)41-28-25-35(26-29-41)40-24-22-36-27-30-50-51(45(36)33-40)44-16-6-8-20-49(44)55-50/h3-33H,1-2H3. The first kappa shape index (κ1) is 32.0. The van der Waals surface area contributed by atoms with E-state index in [0.29, 0.717) is 0 Å². The quantitative estimate of drug-likeness (QED) is 0.171. The van der Waals surface area contributed by atoms with Crippen LogP contribution in [0.3, 0.4) is 0 Å². The van der Waals surface area contributed by atoms with Crippen LogP contribution < -0.4 is 4.90 Å². The van der Waals surface area contributed by atoms with Crippen molar-refractivity contribution in [3.8, 4) is 33.4 Å². The first-order valence-corrected chi connectivity index (χ1v) is 19.9. The lowest BCUT2D eigenvalue weighted by molar-refractivity contribution is 0.660. The van der Waals surface area contributed by atoms with Crippen molar-refractivity contribution in [1.29, 1.82) is 0 Å². The molecule has 1 aliphatic carbocycles. The fourth-order valence-electron chi connectivity index (χ4n) is 9.07. The molecule has 2 heteroatoms. The second-order valence-corrected chi connectivity index (χ2v) is 16.4. The van der Waals surface area contributed by atoms with E-state index in [-0.39, 0.29) is 5.41 Å². The molecule has 11 rings (SSSR count). The zero-order valence-electron chi connectivity index (χ0n) is 30.8. The molecule has 55 heavy (non-hydrogen) atoms. The highest BCUT2D eigenvalue weighted by Crippen LogP contribution is 2.54. The number of nitrogens with zero attached hydrogens (tertiary/aromatic N) is 1. The molecular weight excluding hydrogens is 683 g/mol. The summed E-state index contributed by atoms with van der Waals surface area (Å²) in [6.07, 6.45) is 0. The molecule has 0 saturated heterocycles. The molecule has 0 saturated carbocycles. The van der Waals surface area contributed by atoms with Crippen molar-refractivity contribution in [2.24, 2.45) is 0 Å². The predicted molar refractivity (Wildman–Crippen MR) is 237 cm³/mol.